The third-order valence-corrected chi connectivity index (χ3v) is 2.89. The van der Waals surface area contributed by atoms with Crippen LogP contribution in [-0.4, -0.2) is 42.2 Å². The van der Waals surface area contributed by atoms with Crippen LogP contribution in [0.2, 0.25) is 0 Å². The van der Waals surface area contributed by atoms with Gasteiger partial charge >= 0.3 is 0 Å². The molecule has 0 aliphatic carbocycles. The molecule has 0 aliphatic rings. The number of ether oxygens (including phenoxy) is 1. The summed E-state index contributed by atoms with van der Waals surface area (Å²) >= 11 is 0. The molecular formula is C14H24N4O2. The first-order valence-electron chi connectivity index (χ1n) is 6.96. The standard InChI is InChI=1S/C14H24N4O2/c1-5-10(2)16-14-17-11(3)9-12(18-14)13(19)15-7-6-8-20-4/h9-10H,5-8H2,1-4H3,(H,15,19)(H,16,17,18). The lowest BCUT2D eigenvalue weighted by molar-refractivity contribution is 0.0943. The number of rotatable bonds is 8. The van der Waals surface area contributed by atoms with Gasteiger partial charge in [-0.1, -0.05) is 6.92 Å². The summed E-state index contributed by atoms with van der Waals surface area (Å²) in [4.78, 5) is 20.5. The van der Waals surface area contributed by atoms with Crippen molar-refractivity contribution in [1.82, 2.24) is 15.3 Å². The molecule has 6 heteroatoms. The molecule has 1 aromatic rings. The Hall–Kier alpha value is -1.69. The van der Waals surface area contributed by atoms with Crippen molar-refractivity contribution in [3.63, 3.8) is 0 Å². The average molecular weight is 280 g/mol. The highest BCUT2D eigenvalue weighted by molar-refractivity contribution is 5.92. The van der Waals surface area contributed by atoms with Crippen LogP contribution in [0.1, 0.15) is 42.9 Å². The molecule has 1 amide bonds. The highest BCUT2D eigenvalue weighted by Crippen LogP contribution is 2.07. The summed E-state index contributed by atoms with van der Waals surface area (Å²) in [5.41, 5.74) is 1.16. The van der Waals surface area contributed by atoms with Crippen molar-refractivity contribution < 1.29 is 9.53 Å². The Morgan fingerprint density at radius 1 is 1.45 bits per heavy atom. The fraction of sp³-hybridized carbons (Fsp3) is 0.643. The number of nitrogens with zero attached hydrogens (tertiary/aromatic N) is 2. The molecule has 0 saturated heterocycles. The van der Waals surface area contributed by atoms with E-state index in [0.717, 1.165) is 18.5 Å². The highest BCUT2D eigenvalue weighted by Gasteiger charge is 2.11. The fourth-order valence-electron chi connectivity index (χ4n) is 1.58. The van der Waals surface area contributed by atoms with E-state index in [1.807, 2.05) is 6.92 Å². The maximum Gasteiger partial charge on any atom is 0.270 e. The minimum Gasteiger partial charge on any atom is -0.385 e. The molecule has 1 unspecified atom stereocenters. The molecule has 6 nitrogen and oxygen atoms in total. The summed E-state index contributed by atoms with van der Waals surface area (Å²) in [5, 5.41) is 6.00. The Kier molecular flexibility index (Phi) is 6.93. The number of hydrogen-bond acceptors (Lipinski definition) is 5. The summed E-state index contributed by atoms with van der Waals surface area (Å²) in [6.07, 6.45) is 1.75. The van der Waals surface area contributed by atoms with Crippen LogP contribution >= 0.6 is 0 Å². The molecule has 1 atom stereocenters. The molecule has 0 radical (unpaired) electrons. The van der Waals surface area contributed by atoms with Gasteiger partial charge in [0.2, 0.25) is 5.95 Å². The van der Waals surface area contributed by atoms with Crippen LogP contribution in [0.4, 0.5) is 5.95 Å². The van der Waals surface area contributed by atoms with Crippen LogP contribution in [0.25, 0.3) is 0 Å². The van der Waals surface area contributed by atoms with Gasteiger partial charge in [-0.2, -0.15) is 0 Å². The molecule has 0 spiro atoms. The lowest BCUT2D eigenvalue weighted by Gasteiger charge is -2.12. The zero-order valence-corrected chi connectivity index (χ0v) is 12.7. The van der Waals surface area contributed by atoms with Gasteiger partial charge in [-0.15, -0.1) is 0 Å². The van der Waals surface area contributed by atoms with Gasteiger partial charge < -0.3 is 15.4 Å². The van der Waals surface area contributed by atoms with E-state index in [9.17, 15) is 4.79 Å². The number of aryl methyl sites for hydroxylation is 1. The Labute approximate surface area is 120 Å². The molecule has 112 valence electrons. The summed E-state index contributed by atoms with van der Waals surface area (Å²) in [5.74, 6) is 0.320. The SMILES string of the molecule is CCC(C)Nc1nc(C)cc(C(=O)NCCCOC)n1. The van der Waals surface area contributed by atoms with Gasteiger partial charge in [0, 0.05) is 32.0 Å². The van der Waals surface area contributed by atoms with Gasteiger partial charge in [-0.05, 0) is 32.8 Å². The van der Waals surface area contributed by atoms with E-state index in [1.54, 1.807) is 13.2 Å². The van der Waals surface area contributed by atoms with E-state index in [-0.39, 0.29) is 11.9 Å². The molecule has 1 rings (SSSR count). The van der Waals surface area contributed by atoms with Crippen molar-refractivity contribution in [2.75, 3.05) is 25.6 Å². The molecular weight excluding hydrogens is 256 g/mol. The number of carbonyl (C=O) groups is 1. The molecule has 0 saturated carbocycles. The molecule has 1 aromatic heterocycles. The van der Waals surface area contributed by atoms with Crippen LogP contribution in [0.5, 0.6) is 0 Å². The minimum atomic E-state index is -0.182. The van der Waals surface area contributed by atoms with E-state index in [0.29, 0.717) is 24.8 Å². The predicted octanol–water partition coefficient (Wildman–Crippen LogP) is 1.76. The third-order valence-electron chi connectivity index (χ3n) is 2.89. The molecule has 0 aromatic carbocycles. The molecule has 1 heterocycles. The summed E-state index contributed by atoms with van der Waals surface area (Å²) in [7, 11) is 1.64. The first-order chi connectivity index (χ1) is 9.56. The first-order valence-corrected chi connectivity index (χ1v) is 6.96. The normalized spacial score (nSPS) is 12.0. The van der Waals surface area contributed by atoms with Crippen LogP contribution in [0.3, 0.4) is 0 Å². The largest absolute Gasteiger partial charge is 0.385 e. The van der Waals surface area contributed by atoms with Crippen LogP contribution < -0.4 is 10.6 Å². The smallest absolute Gasteiger partial charge is 0.270 e. The van der Waals surface area contributed by atoms with Crippen molar-refractivity contribution in [2.45, 2.75) is 39.7 Å². The molecule has 20 heavy (non-hydrogen) atoms. The van der Waals surface area contributed by atoms with Gasteiger partial charge in [-0.25, -0.2) is 9.97 Å². The maximum absolute atomic E-state index is 12.0. The number of nitrogens with one attached hydrogen (secondary N) is 2. The van der Waals surface area contributed by atoms with Gasteiger partial charge in [0.1, 0.15) is 5.69 Å². The molecule has 2 N–H and O–H groups in total. The predicted molar refractivity (Wildman–Crippen MR) is 79.0 cm³/mol. The average Bonchev–Trinajstić information content (AvgIpc) is 2.42. The van der Waals surface area contributed by atoms with Crippen LogP contribution in [-0.2, 0) is 4.74 Å². The zero-order chi connectivity index (χ0) is 15.0. The summed E-state index contributed by atoms with van der Waals surface area (Å²) in [6, 6.07) is 1.96. The lowest BCUT2D eigenvalue weighted by Crippen LogP contribution is -2.27. The van der Waals surface area contributed by atoms with E-state index in [4.69, 9.17) is 4.74 Å². The molecule has 0 aliphatic heterocycles. The van der Waals surface area contributed by atoms with E-state index in [1.165, 1.54) is 0 Å². The second-order valence-corrected chi connectivity index (χ2v) is 4.77. The Morgan fingerprint density at radius 2 is 2.20 bits per heavy atom. The number of aromatic nitrogens is 2. The Balaban J connectivity index is 2.66. The van der Waals surface area contributed by atoms with E-state index < -0.39 is 0 Å². The van der Waals surface area contributed by atoms with Crippen LogP contribution in [0.15, 0.2) is 6.07 Å². The molecule has 0 fully saturated rings. The third kappa shape index (κ3) is 5.52. The minimum absolute atomic E-state index is 0.182. The second kappa shape index (κ2) is 8.47. The van der Waals surface area contributed by atoms with Gasteiger partial charge in [0.05, 0.1) is 0 Å². The van der Waals surface area contributed by atoms with E-state index in [2.05, 4.69) is 34.4 Å². The number of methoxy groups -OCH3 is 1. The summed E-state index contributed by atoms with van der Waals surface area (Å²) < 4.78 is 4.94. The van der Waals surface area contributed by atoms with Gasteiger partial charge in [-0.3, -0.25) is 4.79 Å². The monoisotopic (exact) mass is 280 g/mol. The topological polar surface area (TPSA) is 76.1 Å². The number of hydrogen-bond donors (Lipinski definition) is 2. The molecule has 0 bridgehead atoms. The zero-order valence-electron chi connectivity index (χ0n) is 12.7. The van der Waals surface area contributed by atoms with Gasteiger partial charge in [0.25, 0.3) is 5.91 Å². The Morgan fingerprint density at radius 3 is 2.85 bits per heavy atom. The fourth-order valence-corrected chi connectivity index (χ4v) is 1.58. The van der Waals surface area contributed by atoms with Crippen molar-refractivity contribution in [3.05, 3.63) is 17.5 Å². The van der Waals surface area contributed by atoms with Gasteiger partial charge in [0.15, 0.2) is 0 Å². The first kappa shape index (κ1) is 16.4. The number of amides is 1. The maximum atomic E-state index is 12.0. The number of carbonyl (C=O) groups excluding carboxylic acids is 1. The van der Waals surface area contributed by atoms with Crippen molar-refractivity contribution in [1.29, 1.82) is 0 Å². The van der Waals surface area contributed by atoms with Crippen molar-refractivity contribution in [3.8, 4) is 0 Å². The van der Waals surface area contributed by atoms with Crippen molar-refractivity contribution in [2.24, 2.45) is 0 Å². The number of anilines is 1. The summed E-state index contributed by atoms with van der Waals surface area (Å²) in [6.45, 7) is 7.19. The van der Waals surface area contributed by atoms with Crippen molar-refractivity contribution >= 4 is 11.9 Å². The Bertz CT molecular complexity index is 437. The lowest BCUT2D eigenvalue weighted by atomic mass is 10.2. The second-order valence-electron chi connectivity index (χ2n) is 4.77. The highest BCUT2D eigenvalue weighted by atomic mass is 16.5. The van der Waals surface area contributed by atoms with Crippen LogP contribution in [0, 0.1) is 6.92 Å². The van der Waals surface area contributed by atoms with E-state index >= 15 is 0 Å². The quantitative estimate of drug-likeness (QED) is 0.710.